The van der Waals surface area contributed by atoms with Gasteiger partial charge in [-0.1, -0.05) is 29.8 Å². The van der Waals surface area contributed by atoms with E-state index in [0.717, 1.165) is 33.8 Å². The number of anilines is 2. The van der Waals surface area contributed by atoms with Crippen molar-refractivity contribution in [2.45, 2.75) is 19.5 Å². The molecule has 0 bridgehead atoms. The Hall–Kier alpha value is -3.75. The van der Waals surface area contributed by atoms with Gasteiger partial charge < -0.3 is 15.3 Å². The maximum atomic E-state index is 13.2. The Kier molecular flexibility index (Phi) is 5.77. The average molecular weight is 475 g/mol. The molecule has 3 heterocycles. The quantitative estimate of drug-likeness (QED) is 0.433. The number of hydrogen-bond donors (Lipinski definition) is 2. The lowest BCUT2D eigenvalue weighted by Crippen LogP contribution is -2.31. The van der Waals surface area contributed by atoms with Crippen LogP contribution in [0, 0.1) is 6.92 Å². The Labute approximate surface area is 201 Å². The Morgan fingerprint density at radius 2 is 2.06 bits per heavy atom. The highest BCUT2D eigenvalue weighted by molar-refractivity contribution is 6.30. The van der Waals surface area contributed by atoms with Crippen LogP contribution in [-0.4, -0.2) is 42.3 Å². The third-order valence-electron chi connectivity index (χ3n) is 6.03. The smallest absolute Gasteiger partial charge is 0.255 e. The molecule has 2 aromatic carbocycles. The number of fused-ring (bicyclic) bond motifs is 1. The molecule has 0 unspecified atom stereocenters. The summed E-state index contributed by atoms with van der Waals surface area (Å²) in [6, 6.07) is 14.3. The molecule has 34 heavy (non-hydrogen) atoms. The maximum Gasteiger partial charge on any atom is 0.255 e. The molecular formula is C25H23ClN6O2. The number of nitrogens with one attached hydrogen (secondary N) is 1. The van der Waals surface area contributed by atoms with Crippen molar-refractivity contribution in [2.75, 3.05) is 11.9 Å². The van der Waals surface area contributed by atoms with Crippen LogP contribution in [0.1, 0.15) is 33.1 Å². The minimum atomic E-state index is -0.475. The van der Waals surface area contributed by atoms with Crippen LogP contribution < -0.4 is 5.32 Å². The topological polar surface area (TPSA) is 96.2 Å². The summed E-state index contributed by atoms with van der Waals surface area (Å²) in [5.41, 5.74) is 4.91. The van der Waals surface area contributed by atoms with Gasteiger partial charge in [-0.05, 0) is 47.9 Å². The van der Waals surface area contributed by atoms with Crippen LogP contribution in [-0.2, 0) is 13.6 Å². The van der Waals surface area contributed by atoms with Crippen LogP contribution in [0.4, 0.5) is 11.8 Å². The van der Waals surface area contributed by atoms with Gasteiger partial charge in [-0.15, -0.1) is 0 Å². The number of aliphatic hydroxyl groups is 1. The molecule has 2 aromatic heterocycles. The summed E-state index contributed by atoms with van der Waals surface area (Å²) in [7, 11) is 1.84. The van der Waals surface area contributed by atoms with E-state index >= 15 is 0 Å². The Balaban J connectivity index is 1.45. The standard InChI is InChI=1S/C25H23ClN6O2/c1-15-12-27-25(29-22-8-9-28-31(22)2)30-23(15)17-6-7-20-18(10-17)13-32(24(20)34)21(14-33)16-4-3-5-19(26)11-16/h3-12,21,33H,13-14H2,1-2H3,(H,27,29,30)/t21-/m1/s1. The van der Waals surface area contributed by atoms with Crippen LogP contribution in [0.2, 0.25) is 5.02 Å². The van der Waals surface area contributed by atoms with Gasteiger partial charge in [-0.3, -0.25) is 9.48 Å². The number of halogens is 1. The van der Waals surface area contributed by atoms with E-state index in [0.29, 0.717) is 23.1 Å². The first-order valence-corrected chi connectivity index (χ1v) is 11.2. The van der Waals surface area contributed by atoms with Gasteiger partial charge in [-0.25, -0.2) is 9.97 Å². The summed E-state index contributed by atoms with van der Waals surface area (Å²) in [6.45, 7) is 2.15. The number of amides is 1. The Morgan fingerprint density at radius 3 is 2.79 bits per heavy atom. The highest BCUT2D eigenvalue weighted by atomic mass is 35.5. The van der Waals surface area contributed by atoms with Crippen molar-refractivity contribution in [1.29, 1.82) is 0 Å². The van der Waals surface area contributed by atoms with Crippen molar-refractivity contribution >= 4 is 29.3 Å². The number of nitrogens with zero attached hydrogens (tertiary/aromatic N) is 5. The first-order chi connectivity index (χ1) is 16.4. The number of aliphatic hydroxyl groups excluding tert-OH is 1. The molecule has 0 fully saturated rings. The predicted octanol–water partition coefficient (Wildman–Crippen LogP) is 4.27. The Morgan fingerprint density at radius 1 is 1.21 bits per heavy atom. The summed E-state index contributed by atoms with van der Waals surface area (Å²) in [5, 5.41) is 18.0. The van der Waals surface area contributed by atoms with Gasteiger partial charge in [0, 0.05) is 42.0 Å². The average Bonchev–Trinajstić information content (AvgIpc) is 3.38. The number of aromatic nitrogens is 4. The van der Waals surface area contributed by atoms with Gasteiger partial charge in [-0.2, -0.15) is 5.10 Å². The largest absolute Gasteiger partial charge is 0.394 e. The lowest BCUT2D eigenvalue weighted by molar-refractivity contribution is 0.0615. The van der Waals surface area contributed by atoms with E-state index in [1.54, 1.807) is 34.1 Å². The molecule has 2 N–H and O–H groups in total. The zero-order valence-corrected chi connectivity index (χ0v) is 19.5. The van der Waals surface area contributed by atoms with Gasteiger partial charge in [0.1, 0.15) is 5.82 Å². The second-order valence-electron chi connectivity index (χ2n) is 8.25. The molecule has 1 aliphatic heterocycles. The molecule has 4 aromatic rings. The molecule has 172 valence electrons. The van der Waals surface area contributed by atoms with Gasteiger partial charge in [0.05, 0.1) is 24.5 Å². The first kappa shape index (κ1) is 22.1. The molecule has 0 radical (unpaired) electrons. The Bertz CT molecular complexity index is 1390. The molecular weight excluding hydrogens is 452 g/mol. The second-order valence-corrected chi connectivity index (χ2v) is 8.69. The van der Waals surface area contributed by atoms with E-state index in [2.05, 4.69) is 15.4 Å². The van der Waals surface area contributed by atoms with Gasteiger partial charge in [0.15, 0.2) is 0 Å². The fourth-order valence-electron chi connectivity index (χ4n) is 4.25. The van der Waals surface area contributed by atoms with Crippen LogP contribution in [0.3, 0.4) is 0 Å². The van der Waals surface area contributed by atoms with Gasteiger partial charge in [0.25, 0.3) is 5.91 Å². The lowest BCUT2D eigenvalue weighted by atomic mass is 10.0. The van der Waals surface area contributed by atoms with Crippen molar-refractivity contribution < 1.29 is 9.90 Å². The molecule has 8 nitrogen and oxygen atoms in total. The summed E-state index contributed by atoms with van der Waals surface area (Å²) in [4.78, 5) is 24.0. The number of aryl methyl sites for hydroxylation is 2. The van der Waals surface area contributed by atoms with E-state index in [1.807, 2.05) is 50.4 Å². The van der Waals surface area contributed by atoms with Crippen LogP contribution >= 0.6 is 11.6 Å². The number of hydrogen-bond acceptors (Lipinski definition) is 6. The molecule has 1 atom stereocenters. The van der Waals surface area contributed by atoms with Crippen molar-refractivity contribution in [1.82, 2.24) is 24.6 Å². The van der Waals surface area contributed by atoms with Crippen molar-refractivity contribution in [3.8, 4) is 11.3 Å². The van der Waals surface area contributed by atoms with E-state index in [9.17, 15) is 9.90 Å². The third kappa shape index (κ3) is 4.02. The van der Waals surface area contributed by atoms with Crippen molar-refractivity contribution in [3.05, 3.63) is 88.2 Å². The van der Waals surface area contributed by atoms with E-state index in [1.165, 1.54) is 0 Å². The minimum Gasteiger partial charge on any atom is -0.394 e. The van der Waals surface area contributed by atoms with Gasteiger partial charge in [0.2, 0.25) is 5.95 Å². The molecule has 5 rings (SSSR count). The van der Waals surface area contributed by atoms with Crippen LogP contribution in [0.15, 0.2) is 60.9 Å². The molecule has 1 aliphatic rings. The fraction of sp³-hybridized carbons (Fsp3) is 0.200. The molecule has 0 spiro atoms. The van der Waals surface area contributed by atoms with Crippen LogP contribution in [0.25, 0.3) is 11.3 Å². The van der Waals surface area contributed by atoms with Gasteiger partial charge >= 0.3 is 0 Å². The highest BCUT2D eigenvalue weighted by Crippen LogP contribution is 2.34. The number of carbonyl (C=O) groups excluding carboxylic acids is 1. The van der Waals surface area contributed by atoms with Crippen LogP contribution in [0.5, 0.6) is 0 Å². The first-order valence-electron chi connectivity index (χ1n) is 10.8. The van der Waals surface area contributed by atoms with E-state index in [-0.39, 0.29) is 12.5 Å². The van der Waals surface area contributed by atoms with E-state index in [4.69, 9.17) is 16.6 Å². The minimum absolute atomic E-state index is 0.112. The monoisotopic (exact) mass is 474 g/mol. The summed E-state index contributed by atoms with van der Waals surface area (Å²) in [5.74, 6) is 1.13. The third-order valence-corrected chi connectivity index (χ3v) is 6.26. The summed E-state index contributed by atoms with van der Waals surface area (Å²) in [6.07, 6.45) is 3.47. The number of benzene rings is 2. The SMILES string of the molecule is Cc1cnc(Nc2ccnn2C)nc1-c1ccc2c(c1)CN([C@H](CO)c1cccc(Cl)c1)C2=O. The summed E-state index contributed by atoms with van der Waals surface area (Å²) >= 11 is 6.14. The molecule has 1 amide bonds. The lowest BCUT2D eigenvalue weighted by Gasteiger charge is -2.26. The molecule has 9 heteroatoms. The predicted molar refractivity (Wildman–Crippen MR) is 130 cm³/mol. The van der Waals surface area contributed by atoms with E-state index < -0.39 is 6.04 Å². The molecule has 0 aliphatic carbocycles. The van der Waals surface area contributed by atoms with Crippen molar-refractivity contribution in [2.24, 2.45) is 7.05 Å². The zero-order valence-electron chi connectivity index (χ0n) is 18.7. The summed E-state index contributed by atoms with van der Waals surface area (Å²) < 4.78 is 1.70. The molecule has 0 saturated heterocycles. The number of rotatable bonds is 6. The zero-order chi connectivity index (χ0) is 23.8. The highest BCUT2D eigenvalue weighted by Gasteiger charge is 2.33. The fourth-order valence-corrected chi connectivity index (χ4v) is 4.44. The number of carbonyl (C=O) groups is 1. The maximum absolute atomic E-state index is 13.2. The second kappa shape index (κ2) is 8.89. The van der Waals surface area contributed by atoms with Crippen molar-refractivity contribution in [3.63, 3.8) is 0 Å². The molecule has 0 saturated carbocycles. The normalized spacial score (nSPS) is 13.8.